The highest BCUT2D eigenvalue weighted by molar-refractivity contribution is 7.92. The first kappa shape index (κ1) is 20.7. The van der Waals surface area contributed by atoms with Gasteiger partial charge in [0.05, 0.1) is 12.0 Å². The fourth-order valence-electron chi connectivity index (χ4n) is 2.64. The number of halogens is 1. The molecule has 0 atom stereocenters. The topological polar surface area (TPSA) is 84.5 Å². The number of ether oxygens (including phenoxy) is 1. The van der Waals surface area contributed by atoms with Gasteiger partial charge in [0.1, 0.15) is 5.75 Å². The molecule has 0 unspecified atom stereocenters. The molecule has 0 saturated carbocycles. The van der Waals surface area contributed by atoms with E-state index in [1.165, 1.54) is 6.07 Å². The maximum atomic E-state index is 12.8. The molecule has 3 aromatic rings. The number of benzene rings is 3. The van der Waals surface area contributed by atoms with Crippen molar-refractivity contribution in [3.63, 3.8) is 0 Å². The second kappa shape index (κ2) is 8.55. The molecule has 0 saturated heterocycles. The zero-order chi connectivity index (χ0) is 21.0. The Bertz CT molecular complexity index is 1130. The lowest BCUT2D eigenvalue weighted by atomic mass is 10.2. The standard InChI is InChI=1S/C21H19ClN2O4S/c1-14-3-8-18(23-21(25)15-4-11-19(28-2)12-5-15)13-20(14)29(26,27)24-17-9-6-16(22)7-10-17/h3-13,24H,1-2H3,(H,23,25). The minimum atomic E-state index is -3.85. The molecule has 0 fully saturated rings. The zero-order valence-electron chi connectivity index (χ0n) is 15.8. The SMILES string of the molecule is COc1ccc(C(=O)Nc2ccc(C)c(S(=O)(=O)Nc3ccc(Cl)cc3)c2)cc1. The number of nitrogens with one attached hydrogen (secondary N) is 2. The van der Waals surface area contributed by atoms with Gasteiger partial charge < -0.3 is 10.1 Å². The molecule has 8 heteroatoms. The van der Waals surface area contributed by atoms with E-state index in [-0.39, 0.29) is 10.8 Å². The first-order valence-electron chi connectivity index (χ1n) is 8.63. The summed E-state index contributed by atoms with van der Waals surface area (Å²) in [5.41, 5.74) is 1.73. The van der Waals surface area contributed by atoms with Crippen LogP contribution in [0.1, 0.15) is 15.9 Å². The summed E-state index contributed by atoms with van der Waals surface area (Å²) >= 11 is 5.84. The van der Waals surface area contributed by atoms with E-state index < -0.39 is 10.0 Å². The minimum Gasteiger partial charge on any atom is -0.497 e. The Labute approximate surface area is 174 Å². The van der Waals surface area contributed by atoms with Crippen LogP contribution >= 0.6 is 11.6 Å². The third-order valence-electron chi connectivity index (χ3n) is 4.18. The lowest BCUT2D eigenvalue weighted by molar-refractivity contribution is 0.102. The summed E-state index contributed by atoms with van der Waals surface area (Å²) in [6, 6.07) is 17.7. The molecule has 3 aromatic carbocycles. The van der Waals surface area contributed by atoms with Crippen LogP contribution in [0.25, 0.3) is 0 Å². The Balaban J connectivity index is 1.83. The molecule has 1 amide bonds. The first-order chi connectivity index (χ1) is 13.8. The molecule has 0 aromatic heterocycles. The Kier molecular flexibility index (Phi) is 6.10. The maximum Gasteiger partial charge on any atom is 0.262 e. The third-order valence-corrected chi connectivity index (χ3v) is 5.96. The number of sulfonamides is 1. The summed E-state index contributed by atoms with van der Waals surface area (Å²) in [6.45, 7) is 1.69. The van der Waals surface area contributed by atoms with Crippen LogP contribution in [0.2, 0.25) is 5.02 Å². The summed E-state index contributed by atoms with van der Waals surface area (Å²) in [7, 11) is -2.31. The number of carbonyl (C=O) groups is 1. The number of methoxy groups -OCH3 is 1. The van der Waals surface area contributed by atoms with E-state index in [0.29, 0.717) is 33.3 Å². The molecule has 3 rings (SSSR count). The van der Waals surface area contributed by atoms with Crippen LogP contribution in [0.15, 0.2) is 71.6 Å². The van der Waals surface area contributed by atoms with Gasteiger partial charge in [-0.15, -0.1) is 0 Å². The number of hydrogen-bond acceptors (Lipinski definition) is 4. The number of carbonyl (C=O) groups excluding carboxylic acids is 1. The molecule has 2 N–H and O–H groups in total. The van der Waals surface area contributed by atoms with Crippen LogP contribution in [0, 0.1) is 6.92 Å². The molecule has 150 valence electrons. The average molecular weight is 431 g/mol. The average Bonchev–Trinajstić information content (AvgIpc) is 2.71. The molecule has 29 heavy (non-hydrogen) atoms. The molecule has 0 bridgehead atoms. The molecular weight excluding hydrogens is 412 g/mol. The van der Waals surface area contributed by atoms with Crippen molar-refractivity contribution in [3.05, 3.63) is 82.9 Å². The molecular formula is C21H19ClN2O4S. The predicted octanol–water partition coefficient (Wildman–Crippen LogP) is 4.71. The lowest BCUT2D eigenvalue weighted by Crippen LogP contribution is -2.16. The van der Waals surface area contributed by atoms with Gasteiger partial charge in [0.25, 0.3) is 15.9 Å². The first-order valence-corrected chi connectivity index (χ1v) is 10.5. The fourth-order valence-corrected chi connectivity index (χ4v) is 4.10. The number of rotatable bonds is 6. The van der Waals surface area contributed by atoms with Crippen LogP contribution < -0.4 is 14.8 Å². The van der Waals surface area contributed by atoms with Crippen LogP contribution in [-0.4, -0.2) is 21.4 Å². The normalized spacial score (nSPS) is 11.0. The van der Waals surface area contributed by atoms with Crippen molar-refractivity contribution in [2.45, 2.75) is 11.8 Å². The van der Waals surface area contributed by atoms with Gasteiger partial charge in [-0.3, -0.25) is 9.52 Å². The Hall–Kier alpha value is -3.03. The molecule has 6 nitrogen and oxygen atoms in total. The van der Waals surface area contributed by atoms with Crippen LogP contribution in [0.3, 0.4) is 0 Å². The van der Waals surface area contributed by atoms with E-state index >= 15 is 0 Å². The van der Waals surface area contributed by atoms with E-state index in [0.717, 1.165) is 0 Å². The lowest BCUT2D eigenvalue weighted by Gasteiger charge is -2.13. The fraction of sp³-hybridized carbons (Fsp3) is 0.0952. The summed E-state index contributed by atoms with van der Waals surface area (Å²) in [4.78, 5) is 12.5. The van der Waals surface area contributed by atoms with Gasteiger partial charge in [-0.1, -0.05) is 17.7 Å². The van der Waals surface area contributed by atoms with Gasteiger partial charge in [-0.05, 0) is 73.2 Å². The minimum absolute atomic E-state index is 0.0694. The van der Waals surface area contributed by atoms with E-state index in [2.05, 4.69) is 10.0 Å². The van der Waals surface area contributed by atoms with E-state index in [9.17, 15) is 13.2 Å². The quantitative estimate of drug-likeness (QED) is 0.593. The monoisotopic (exact) mass is 430 g/mol. The van der Waals surface area contributed by atoms with Crippen LogP contribution in [0.4, 0.5) is 11.4 Å². The number of anilines is 2. The van der Waals surface area contributed by atoms with Crippen molar-refractivity contribution in [2.75, 3.05) is 17.1 Å². The smallest absolute Gasteiger partial charge is 0.262 e. The van der Waals surface area contributed by atoms with E-state index in [1.54, 1.807) is 74.7 Å². The molecule has 0 heterocycles. The van der Waals surface area contributed by atoms with Crippen molar-refractivity contribution in [3.8, 4) is 5.75 Å². The second-order valence-corrected chi connectivity index (χ2v) is 8.36. The van der Waals surface area contributed by atoms with Gasteiger partial charge in [0.15, 0.2) is 0 Å². The Morgan fingerprint density at radius 1 is 0.931 bits per heavy atom. The van der Waals surface area contributed by atoms with Crippen molar-refractivity contribution in [2.24, 2.45) is 0 Å². The van der Waals surface area contributed by atoms with Gasteiger partial charge >= 0.3 is 0 Å². The van der Waals surface area contributed by atoms with Crippen LogP contribution in [-0.2, 0) is 10.0 Å². The summed E-state index contributed by atoms with van der Waals surface area (Å²) < 4.78 is 33.2. The van der Waals surface area contributed by atoms with Gasteiger partial charge in [0.2, 0.25) is 0 Å². The number of hydrogen-bond donors (Lipinski definition) is 2. The third kappa shape index (κ3) is 5.07. The zero-order valence-corrected chi connectivity index (χ0v) is 17.3. The molecule has 0 radical (unpaired) electrons. The van der Waals surface area contributed by atoms with Crippen molar-refractivity contribution in [1.82, 2.24) is 0 Å². The predicted molar refractivity (Wildman–Crippen MR) is 114 cm³/mol. The van der Waals surface area contributed by atoms with E-state index in [4.69, 9.17) is 16.3 Å². The number of aryl methyl sites for hydroxylation is 1. The second-order valence-electron chi connectivity index (χ2n) is 6.28. The largest absolute Gasteiger partial charge is 0.497 e. The number of amides is 1. The van der Waals surface area contributed by atoms with Crippen molar-refractivity contribution >= 4 is 38.9 Å². The molecule has 0 aliphatic rings. The highest BCUT2D eigenvalue weighted by atomic mass is 35.5. The summed E-state index contributed by atoms with van der Waals surface area (Å²) in [5.74, 6) is 0.282. The van der Waals surface area contributed by atoms with E-state index in [1.807, 2.05) is 0 Å². The summed E-state index contributed by atoms with van der Waals surface area (Å²) in [6.07, 6.45) is 0. The van der Waals surface area contributed by atoms with Crippen LogP contribution in [0.5, 0.6) is 5.75 Å². The molecule has 0 aliphatic carbocycles. The van der Waals surface area contributed by atoms with Crippen molar-refractivity contribution < 1.29 is 17.9 Å². The van der Waals surface area contributed by atoms with Gasteiger partial charge in [-0.25, -0.2) is 8.42 Å². The maximum absolute atomic E-state index is 12.8. The highest BCUT2D eigenvalue weighted by Gasteiger charge is 2.18. The Morgan fingerprint density at radius 3 is 2.17 bits per heavy atom. The highest BCUT2D eigenvalue weighted by Crippen LogP contribution is 2.24. The van der Waals surface area contributed by atoms with Gasteiger partial charge in [0, 0.05) is 22.0 Å². The van der Waals surface area contributed by atoms with Crippen molar-refractivity contribution in [1.29, 1.82) is 0 Å². The van der Waals surface area contributed by atoms with Gasteiger partial charge in [-0.2, -0.15) is 0 Å². The molecule has 0 aliphatic heterocycles. The Morgan fingerprint density at radius 2 is 1.55 bits per heavy atom. The summed E-state index contributed by atoms with van der Waals surface area (Å²) in [5, 5.41) is 3.22. The molecule has 0 spiro atoms.